The van der Waals surface area contributed by atoms with Crippen LogP contribution >= 0.6 is 0 Å². The van der Waals surface area contributed by atoms with E-state index in [4.69, 9.17) is 9.47 Å². The number of carbonyl (C=O) groups is 1. The molecule has 0 saturated carbocycles. The first-order valence-corrected chi connectivity index (χ1v) is 10.6. The Kier molecular flexibility index (Phi) is 6.85. The van der Waals surface area contributed by atoms with Crippen molar-refractivity contribution in [2.45, 2.75) is 52.8 Å². The average Bonchev–Trinajstić information content (AvgIpc) is 3.16. The van der Waals surface area contributed by atoms with Crippen LogP contribution in [0.5, 0.6) is 11.5 Å². The second kappa shape index (κ2) is 9.29. The fraction of sp³-hybridized carbons (Fsp3) is 0.435. The normalized spacial score (nSPS) is 12.1. The number of alkyl halides is 3. The summed E-state index contributed by atoms with van der Waals surface area (Å²) >= 11 is 0. The highest BCUT2D eigenvalue weighted by Crippen LogP contribution is 2.33. The lowest BCUT2D eigenvalue weighted by molar-refractivity contribution is -0.142. The fourth-order valence-electron chi connectivity index (χ4n) is 3.15. The molecule has 1 N–H and O–H groups in total. The van der Waals surface area contributed by atoms with Crippen molar-refractivity contribution in [3.63, 3.8) is 0 Å². The molecule has 33 heavy (non-hydrogen) atoms. The van der Waals surface area contributed by atoms with Crippen LogP contribution in [0.4, 0.5) is 13.2 Å². The molecule has 7 nitrogen and oxygen atoms in total. The van der Waals surface area contributed by atoms with Gasteiger partial charge in [-0.25, -0.2) is 9.50 Å². The fourth-order valence-corrected chi connectivity index (χ4v) is 3.15. The molecule has 3 rings (SSSR count). The molecule has 0 radical (unpaired) electrons. The van der Waals surface area contributed by atoms with Gasteiger partial charge in [0.1, 0.15) is 5.69 Å². The van der Waals surface area contributed by atoms with Crippen molar-refractivity contribution in [2.24, 2.45) is 0 Å². The molecule has 2 aromatic heterocycles. The summed E-state index contributed by atoms with van der Waals surface area (Å²) in [5.74, 6) is 0.528. The molecule has 0 spiro atoms. The van der Waals surface area contributed by atoms with Gasteiger partial charge in [0.2, 0.25) is 0 Å². The molecular weight excluding hydrogens is 437 g/mol. The van der Waals surface area contributed by atoms with E-state index in [9.17, 15) is 18.0 Å². The lowest BCUT2D eigenvalue weighted by atomic mass is 9.91. The third-order valence-corrected chi connectivity index (χ3v) is 4.78. The highest BCUT2D eigenvalue weighted by atomic mass is 19.4. The van der Waals surface area contributed by atoms with Crippen LogP contribution in [0, 0.1) is 0 Å². The maximum Gasteiger partial charge on any atom is 0.433 e. The number of fused-ring (bicyclic) bond motifs is 1. The maximum absolute atomic E-state index is 13.6. The summed E-state index contributed by atoms with van der Waals surface area (Å²) < 4.78 is 52.7. The van der Waals surface area contributed by atoms with E-state index in [1.54, 1.807) is 39.0 Å². The number of hydrogen-bond donors (Lipinski definition) is 1. The molecule has 1 aromatic carbocycles. The number of nitrogens with one attached hydrogen (secondary N) is 1. The molecule has 2 heterocycles. The van der Waals surface area contributed by atoms with E-state index in [0.29, 0.717) is 29.2 Å². The maximum atomic E-state index is 13.6. The number of aromatic nitrogens is 3. The van der Waals surface area contributed by atoms with Crippen molar-refractivity contribution >= 4 is 11.6 Å². The summed E-state index contributed by atoms with van der Waals surface area (Å²) in [5.41, 5.74) is -0.797. The third kappa shape index (κ3) is 5.55. The van der Waals surface area contributed by atoms with Crippen LogP contribution in [-0.4, -0.2) is 33.7 Å². The van der Waals surface area contributed by atoms with Crippen LogP contribution in [0.3, 0.4) is 0 Å². The van der Waals surface area contributed by atoms with Crippen molar-refractivity contribution in [3.05, 3.63) is 53.0 Å². The van der Waals surface area contributed by atoms with Crippen LogP contribution in [0.25, 0.3) is 5.65 Å². The second-order valence-electron chi connectivity index (χ2n) is 8.40. The summed E-state index contributed by atoms with van der Waals surface area (Å²) in [7, 11) is 0. The quantitative estimate of drug-likeness (QED) is 0.545. The Morgan fingerprint density at radius 1 is 1.03 bits per heavy atom. The van der Waals surface area contributed by atoms with E-state index < -0.39 is 23.2 Å². The Hall–Kier alpha value is -3.30. The van der Waals surface area contributed by atoms with Crippen molar-refractivity contribution in [2.75, 3.05) is 13.2 Å². The second-order valence-corrected chi connectivity index (χ2v) is 8.40. The average molecular weight is 464 g/mol. The van der Waals surface area contributed by atoms with Crippen molar-refractivity contribution in [1.82, 2.24) is 19.9 Å². The van der Waals surface area contributed by atoms with Crippen LogP contribution in [-0.2, 0) is 18.1 Å². The summed E-state index contributed by atoms with van der Waals surface area (Å²) in [6.45, 7) is 10.1. The first-order chi connectivity index (χ1) is 15.4. The van der Waals surface area contributed by atoms with E-state index in [1.807, 2.05) is 13.8 Å². The topological polar surface area (TPSA) is 77.8 Å². The van der Waals surface area contributed by atoms with Crippen molar-refractivity contribution in [1.29, 1.82) is 0 Å². The Balaban J connectivity index is 1.87. The summed E-state index contributed by atoms with van der Waals surface area (Å²) in [6.07, 6.45) is -4.65. The van der Waals surface area contributed by atoms with Crippen LogP contribution < -0.4 is 14.8 Å². The first-order valence-electron chi connectivity index (χ1n) is 10.6. The number of halogens is 3. The monoisotopic (exact) mass is 464 g/mol. The molecule has 1 amide bonds. The molecule has 0 bridgehead atoms. The minimum Gasteiger partial charge on any atom is -0.490 e. The Bertz CT molecular complexity index is 1150. The minimum absolute atomic E-state index is 0.0420. The van der Waals surface area contributed by atoms with Gasteiger partial charge >= 0.3 is 6.18 Å². The molecular formula is C23H27F3N4O3. The third-order valence-electron chi connectivity index (χ3n) is 4.78. The van der Waals surface area contributed by atoms with Gasteiger partial charge in [0.25, 0.3) is 5.91 Å². The molecule has 3 aromatic rings. The Morgan fingerprint density at radius 3 is 2.30 bits per heavy atom. The number of amides is 1. The zero-order valence-electron chi connectivity index (χ0n) is 19.2. The minimum atomic E-state index is -4.65. The van der Waals surface area contributed by atoms with Gasteiger partial charge < -0.3 is 14.8 Å². The van der Waals surface area contributed by atoms with Gasteiger partial charge in [-0.1, -0.05) is 26.8 Å². The molecule has 178 valence electrons. The predicted molar refractivity (Wildman–Crippen MR) is 117 cm³/mol. The number of ether oxygens (including phenoxy) is 2. The van der Waals surface area contributed by atoms with Gasteiger partial charge in [0.15, 0.2) is 22.8 Å². The summed E-state index contributed by atoms with van der Waals surface area (Å²) in [6, 6.07) is 7.49. The van der Waals surface area contributed by atoms with Crippen LogP contribution in [0.15, 0.2) is 30.3 Å². The Labute approximate surface area is 189 Å². The zero-order valence-corrected chi connectivity index (χ0v) is 19.2. The van der Waals surface area contributed by atoms with Gasteiger partial charge in [-0.2, -0.15) is 18.3 Å². The van der Waals surface area contributed by atoms with E-state index in [2.05, 4.69) is 15.4 Å². The van der Waals surface area contributed by atoms with E-state index in [1.165, 1.54) is 6.07 Å². The molecule has 0 aliphatic carbocycles. The van der Waals surface area contributed by atoms with Gasteiger partial charge in [-0.05, 0) is 37.6 Å². The number of carbonyl (C=O) groups excluding carboxylic acids is 1. The van der Waals surface area contributed by atoms with E-state index >= 15 is 0 Å². The molecule has 0 aliphatic heterocycles. The molecule has 0 fully saturated rings. The zero-order chi connectivity index (χ0) is 24.4. The van der Waals surface area contributed by atoms with Gasteiger partial charge in [-0.15, -0.1) is 0 Å². The lowest BCUT2D eigenvalue weighted by Gasteiger charge is -2.19. The van der Waals surface area contributed by atoms with Crippen LogP contribution in [0.2, 0.25) is 0 Å². The SMILES string of the molecule is CCOc1ccc(CNC(=O)c2cc3nc(C(C)(C)C)cc(C(F)(F)F)n3n2)cc1OCC. The summed E-state index contributed by atoms with van der Waals surface area (Å²) in [5, 5.41) is 6.56. The van der Waals surface area contributed by atoms with E-state index in [-0.39, 0.29) is 23.6 Å². The van der Waals surface area contributed by atoms with Crippen molar-refractivity contribution < 1.29 is 27.4 Å². The standard InChI is InChI=1S/C23H27F3N4O3/c1-6-32-16-9-8-14(10-17(16)33-7-2)13-27-21(31)15-11-20-28-18(22(3,4)5)12-19(23(24,25)26)30(20)29-15/h8-12H,6-7,13H2,1-5H3,(H,27,31). The van der Waals surface area contributed by atoms with Gasteiger partial charge in [0.05, 0.1) is 18.9 Å². The highest BCUT2D eigenvalue weighted by molar-refractivity contribution is 5.93. The van der Waals surface area contributed by atoms with Gasteiger partial charge in [-0.3, -0.25) is 4.79 Å². The van der Waals surface area contributed by atoms with E-state index in [0.717, 1.165) is 11.6 Å². The first kappa shape index (κ1) is 24.3. The lowest BCUT2D eigenvalue weighted by Crippen LogP contribution is -2.23. The smallest absolute Gasteiger partial charge is 0.433 e. The number of hydrogen-bond acceptors (Lipinski definition) is 5. The van der Waals surface area contributed by atoms with Crippen LogP contribution in [0.1, 0.15) is 62.1 Å². The van der Waals surface area contributed by atoms with Crippen molar-refractivity contribution in [3.8, 4) is 11.5 Å². The Morgan fingerprint density at radius 2 is 1.70 bits per heavy atom. The molecule has 0 saturated heterocycles. The molecule has 0 aliphatic rings. The molecule has 10 heteroatoms. The number of nitrogens with zero attached hydrogens (tertiary/aromatic N) is 3. The van der Waals surface area contributed by atoms with Gasteiger partial charge in [0, 0.05) is 18.0 Å². The molecule has 0 unspecified atom stereocenters. The highest BCUT2D eigenvalue weighted by Gasteiger charge is 2.36. The number of benzene rings is 1. The summed E-state index contributed by atoms with van der Waals surface area (Å²) in [4.78, 5) is 16.9. The number of rotatable bonds is 7. The predicted octanol–water partition coefficient (Wildman–Crippen LogP) is 4.77. The molecule has 0 atom stereocenters. The largest absolute Gasteiger partial charge is 0.490 e.